The normalized spacial score (nSPS) is 28.6. The van der Waals surface area contributed by atoms with Crippen LogP contribution in [-0.4, -0.2) is 25.0 Å². The fourth-order valence-electron chi connectivity index (χ4n) is 1.90. The van der Waals surface area contributed by atoms with Crippen LogP contribution in [-0.2, 0) is 4.79 Å². The summed E-state index contributed by atoms with van der Waals surface area (Å²) in [4.78, 5) is 12.0. The first kappa shape index (κ1) is 13.5. The van der Waals surface area contributed by atoms with E-state index in [2.05, 4.69) is 45.3 Å². The Morgan fingerprint density at radius 1 is 1.38 bits per heavy atom. The summed E-state index contributed by atoms with van der Waals surface area (Å²) in [6, 6.07) is 0.220. The van der Waals surface area contributed by atoms with Gasteiger partial charge in [0.1, 0.15) is 0 Å². The van der Waals surface area contributed by atoms with Crippen LogP contribution in [0.2, 0.25) is 0 Å². The molecule has 2 N–H and O–H groups in total. The van der Waals surface area contributed by atoms with E-state index in [1.165, 1.54) is 0 Å². The van der Waals surface area contributed by atoms with E-state index in [1.807, 2.05) is 0 Å². The zero-order valence-corrected chi connectivity index (χ0v) is 11.3. The number of carbonyl (C=O) groups excluding carboxylic acids is 1. The molecule has 1 aliphatic heterocycles. The van der Waals surface area contributed by atoms with Crippen molar-refractivity contribution < 1.29 is 4.79 Å². The van der Waals surface area contributed by atoms with Crippen LogP contribution in [0, 0.1) is 17.3 Å². The largest absolute Gasteiger partial charge is 0.353 e. The molecule has 0 aromatic rings. The van der Waals surface area contributed by atoms with Crippen molar-refractivity contribution in [3.05, 3.63) is 0 Å². The Kier molecular flexibility index (Phi) is 4.36. The molecule has 3 unspecified atom stereocenters. The first-order chi connectivity index (χ1) is 7.30. The molecule has 0 saturated carbocycles. The van der Waals surface area contributed by atoms with Crippen molar-refractivity contribution >= 4 is 5.91 Å². The Bertz CT molecular complexity index is 245. The van der Waals surface area contributed by atoms with Crippen LogP contribution in [0.4, 0.5) is 0 Å². The van der Waals surface area contributed by atoms with Crippen molar-refractivity contribution in [3.8, 4) is 0 Å². The molecule has 0 aromatic carbocycles. The SMILES string of the molecule is CC1CNCC(C(=O)NC(C)C(C)(C)C)C1. The molecule has 3 heteroatoms. The van der Waals surface area contributed by atoms with E-state index in [-0.39, 0.29) is 23.3 Å². The van der Waals surface area contributed by atoms with Gasteiger partial charge in [0.25, 0.3) is 0 Å². The Balaban J connectivity index is 2.46. The maximum absolute atomic E-state index is 12.0. The van der Waals surface area contributed by atoms with Gasteiger partial charge in [0, 0.05) is 12.6 Å². The second-order valence-corrected chi connectivity index (χ2v) is 6.29. The Morgan fingerprint density at radius 2 is 2.00 bits per heavy atom. The van der Waals surface area contributed by atoms with Crippen LogP contribution < -0.4 is 10.6 Å². The quantitative estimate of drug-likeness (QED) is 0.753. The average molecular weight is 226 g/mol. The molecule has 0 radical (unpaired) electrons. The minimum absolute atomic E-state index is 0.128. The van der Waals surface area contributed by atoms with E-state index in [0.29, 0.717) is 5.92 Å². The molecule has 1 saturated heterocycles. The first-order valence-electron chi connectivity index (χ1n) is 6.31. The second kappa shape index (κ2) is 5.17. The Hall–Kier alpha value is -0.570. The lowest BCUT2D eigenvalue weighted by Gasteiger charge is -2.32. The topological polar surface area (TPSA) is 41.1 Å². The van der Waals surface area contributed by atoms with Gasteiger partial charge in [0.05, 0.1) is 5.92 Å². The summed E-state index contributed by atoms with van der Waals surface area (Å²) in [5.74, 6) is 0.962. The minimum Gasteiger partial charge on any atom is -0.353 e. The van der Waals surface area contributed by atoms with Gasteiger partial charge in [-0.05, 0) is 31.2 Å². The van der Waals surface area contributed by atoms with Gasteiger partial charge in [-0.2, -0.15) is 0 Å². The Morgan fingerprint density at radius 3 is 2.50 bits per heavy atom. The molecular weight excluding hydrogens is 200 g/mol. The van der Waals surface area contributed by atoms with Crippen molar-refractivity contribution in [3.63, 3.8) is 0 Å². The number of amides is 1. The summed E-state index contributed by atoms with van der Waals surface area (Å²) < 4.78 is 0. The van der Waals surface area contributed by atoms with Crippen LogP contribution >= 0.6 is 0 Å². The number of rotatable bonds is 2. The molecule has 0 aromatic heterocycles. The van der Waals surface area contributed by atoms with Crippen molar-refractivity contribution in [1.29, 1.82) is 0 Å². The molecule has 0 aliphatic carbocycles. The summed E-state index contributed by atoms with van der Waals surface area (Å²) in [6.45, 7) is 12.6. The van der Waals surface area contributed by atoms with E-state index in [9.17, 15) is 4.79 Å². The maximum atomic E-state index is 12.0. The lowest BCUT2D eigenvalue weighted by molar-refractivity contribution is -0.127. The predicted octanol–water partition coefficient (Wildman–Crippen LogP) is 1.78. The molecule has 1 fully saturated rings. The molecule has 0 bridgehead atoms. The second-order valence-electron chi connectivity index (χ2n) is 6.29. The summed E-state index contributed by atoms with van der Waals surface area (Å²) in [6.07, 6.45) is 1.01. The Labute approximate surface area is 99.4 Å². The number of carbonyl (C=O) groups is 1. The number of piperidine rings is 1. The number of hydrogen-bond acceptors (Lipinski definition) is 2. The van der Waals surface area contributed by atoms with Crippen molar-refractivity contribution in [2.45, 2.75) is 47.1 Å². The van der Waals surface area contributed by atoms with Gasteiger partial charge in [-0.15, -0.1) is 0 Å². The highest BCUT2D eigenvalue weighted by Crippen LogP contribution is 2.20. The predicted molar refractivity (Wildman–Crippen MR) is 67.2 cm³/mol. The highest BCUT2D eigenvalue weighted by Gasteiger charge is 2.28. The zero-order valence-electron chi connectivity index (χ0n) is 11.3. The summed E-state index contributed by atoms with van der Waals surface area (Å²) in [7, 11) is 0. The highest BCUT2D eigenvalue weighted by atomic mass is 16.2. The molecule has 1 amide bonds. The van der Waals surface area contributed by atoms with Gasteiger partial charge in [-0.1, -0.05) is 27.7 Å². The smallest absolute Gasteiger partial charge is 0.224 e. The lowest BCUT2D eigenvalue weighted by Crippen LogP contribution is -2.48. The van der Waals surface area contributed by atoms with E-state index in [1.54, 1.807) is 0 Å². The molecule has 3 nitrogen and oxygen atoms in total. The third kappa shape index (κ3) is 3.78. The number of nitrogens with one attached hydrogen (secondary N) is 2. The lowest BCUT2D eigenvalue weighted by atomic mass is 9.86. The van der Waals surface area contributed by atoms with Gasteiger partial charge in [0.2, 0.25) is 5.91 Å². The van der Waals surface area contributed by atoms with Crippen molar-refractivity contribution in [1.82, 2.24) is 10.6 Å². The van der Waals surface area contributed by atoms with E-state index < -0.39 is 0 Å². The molecule has 94 valence electrons. The van der Waals surface area contributed by atoms with E-state index in [4.69, 9.17) is 0 Å². The van der Waals surface area contributed by atoms with Gasteiger partial charge >= 0.3 is 0 Å². The van der Waals surface area contributed by atoms with Crippen LogP contribution in [0.3, 0.4) is 0 Å². The third-order valence-electron chi connectivity index (χ3n) is 3.60. The van der Waals surface area contributed by atoms with Gasteiger partial charge in [-0.3, -0.25) is 4.79 Å². The van der Waals surface area contributed by atoms with Gasteiger partial charge in [0.15, 0.2) is 0 Å². The summed E-state index contributed by atoms with van der Waals surface area (Å²) in [5, 5.41) is 6.45. The van der Waals surface area contributed by atoms with Crippen LogP contribution in [0.15, 0.2) is 0 Å². The minimum atomic E-state index is 0.128. The standard InChI is InChI=1S/C13H26N2O/c1-9-6-11(8-14-7-9)12(16)15-10(2)13(3,4)5/h9-11,14H,6-8H2,1-5H3,(H,15,16). The molecule has 1 aliphatic rings. The van der Waals surface area contributed by atoms with E-state index in [0.717, 1.165) is 19.5 Å². The number of hydrogen-bond donors (Lipinski definition) is 2. The summed E-state index contributed by atoms with van der Waals surface area (Å²) in [5.41, 5.74) is 0.128. The van der Waals surface area contributed by atoms with E-state index >= 15 is 0 Å². The van der Waals surface area contributed by atoms with Crippen LogP contribution in [0.1, 0.15) is 41.0 Å². The van der Waals surface area contributed by atoms with Gasteiger partial charge < -0.3 is 10.6 Å². The third-order valence-corrected chi connectivity index (χ3v) is 3.60. The average Bonchev–Trinajstić information content (AvgIpc) is 2.16. The zero-order chi connectivity index (χ0) is 12.3. The fraction of sp³-hybridized carbons (Fsp3) is 0.923. The molecule has 3 atom stereocenters. The fourth-order valence-corrected chi connectivity index (χ4v) is 1.90. The molecular formula is C13H26N2O. The molecule has 1 heterocycles. The molecule has 1 rings (SSSR count). The molecule has 0 spiro atoms. The molecule has 16 heavy (non-hydrogen) atoms. The maximum Gasteiger partial charge on any atom is 0.224 e. The summed E-state index contributed by atoms with van der Waals surface area (Å²) >= 11 is 0. The van der Waals surface area contributed by atoms with Crippen LogP contribution in [0.5, 0.6) is 0 Å². The van der Waals surface area contributed by atoms with Gasteiger partial charge in [-0.25, -0.2) is 0 Å². The van der Waals surface area contributed by atoms with Crippen LogP contribution in [0.25, 0.3) is 0 Å². The van der Waals surface area contributed by atoms with Crippen molar-refractivity contribution in [2.24, 2.45) is 17.3 Å². The van der Waals surface area contributed by atoms with Crippen molar-refractivity contribution in [2.75, 3.05) is 13.1 Å². The highest BCUT2D eigenvalue weighted by molar-refractivity contribution is 5.79. The monoisotopic (exact) mass is 226 g/mol. The first-order valence-corrected chi connectivity index (χ1v) is 6.31.